The lowest BCUT2D eigenvalue weighted by Crippen LogP contribution is -2.50. The molecule has 0 radical (unpaired) electrons. The van der Waals surface area contributed by atoms with Crippen LogP contribution in [0.2, 0.25) is 0 Å². The number of hydrogen-bond donors (Lipinski definition) is 2. The molecular weight excluding hydrogens is 534 g/mol. The van der Waals surface area contributed by atoms with Gasteiger partial charge in [-0.3, -0.25) is 19.3 Å². The third-order valence-corrected chi connectivity index (χ3v) is 7.95. The van der Waals surface area contributed by atoms with Crippen molar-refractivity contribution < 1.29 is 23.5 Å². The molecule has 0 bridgehead atoms. The molecule has 1 atom stereocenters. The molecule has 2 aliphatic heterocycles. The van der Waals surface area contributed by atoms with E-state index in [0.29, 0.717) is 12.2 Å². The first-order chi connectivity index (χ1) is 20.3. The molecule has 1 unspecified atom stereocenters. The smallest absolute Gasteiger partial charge is 0.313 e. The van der Waals surface area contributed by atoms with E-state index in [1.165, 1.54) is 0 Å². The van der Waals surface area contributed by atoms with Gasteiger partial charge in [0, 0.05) is 62.2 Å². The Bertz CT molecular complexity index is 1380. The van der Waals surface area contributed by atoms with Gasteiger partial charge in [0.1, 0.15) is 11.5 Å². The molecule has 0 spiro atoms. The Morgan fingerprint density at radius 1 is 0.952 bits per heavy atom. The molecule has 5 rings (SSSR count). The number of nitrogens with one attached hydrogen (secondary N) is 2. The Balaban J connectivity index is 1.19. The van der Waals surface area contributed by atoms with Crippen molar-refractivity contribution >= 4 is 34.8 Å². The summed E-state index contributed by atoms with van der Waals surface area (Å²) in [4.78, 5) is 44.9. The number of benzene rings is 2. The maximum absolute atomic E-state index is 12.9. The third-order valence-electron chi connectivity index (χ3n) is 7.95. The number of carbonyl (C=O) groups excluding carboxylic acids is 3. The lowest BCUT2D eigenvalue weighted by atomic mass is 9.99. The van der Waals surface area contributed by atoms with Crippen molar-refractivity contribution in [3.8, 4) is 5.75 Å². The standard InChI is InChI=1S/C32H39N5O5/c1-22(2)32(40)37-14-4-6-23-8-9-24(20-27(23)37)34-31(39)30(38)33-21-28(29-7-5-19-42-29)36-17-15-35(16-18-36)25-10-12-26(41-3)13-11-25/h5,7-13,19-20,22,28H,4,6,14-18,21H2,1-3H3,(H,33,38)(H,34,39). The van der Waals surface area contributed by atoms with Crippen LogP contribution in [0.3, 0.4) is 0 Å². The fourth-order valence-electron chi connectivity index (χ4n) is 5.63. The average molecular weight is 574 g/mol. The average Bonchev–Trinajstić information content (AvgIpc) is 3.55. The number of amides is 3. The van der Waals surface area contributed by atoms with Gasteiger partial charge in [0.05, 0.1) is 19.4 Å². The number of piperazine rings is 1. The Labute approximate surface area is 246 Å². The van der Waals surface area contributed by atoms with Crippen molar-refractivity contribution in [1.29, 1.82) is 0 Å². The summed E-state index contributed by atoms with van der Waals surface area (Å²) in [5.41, 5.74) is 3.47. The summed E-state index contributed by atoms with van der Waals surface area (Å²) in [6.07, 6.45) is 3.38. The lowest BCUT2D eigenvalue weighted by Gasteiger charge is -2.39. The van der Waals surface area contributed by atoms with Crippen LogP contribution in [0, 0.1) is 5.92 Å². The van der Waals surface area contributed by atoms with Gasteiger partial charge in [-0.25, -0.2) is 0 Å². The van der Waals surface area contributed by atoms with E-state index >= 15 is 0 Å². The van der Waals surface area contributed by atoms with Crippen molar-refractivity contribution in [1.82, 2.24) is 10.2 Å². The highest BCUT2D eigenvalue weighted by Gasteiger charge is 2.29. The highest BCUT2D eigenvalue weighted by molar-refractivity contribution is 6.39. The molecule has 1 aromatic heterocycles. The first-order valence-electron chi connectivity index (χ1n) is 14.5. The number of anilines is 3. The van der Waals surface area contributed by atoms with Crippen LogP contribution >= 0.6 is 0 Å². The van der Waals surface area contributed by atoms with Crippen molar-refractivity contribution in [2.75, 3.05) is 61.5 Å². The van der Waals surface area contributed by atoms with Crippen LogP contribution in [0.5, 0.6) is 5.75 Å². The SMILES string of the molecule is COc1ccc(N2CCN(C(CNC(=O)C(=O)Nc3ccc4c(c3)N(C(=O)C(C)C)CCC4)c3ccco3)CC2)cc1. The van der Waals surface area contributed by atoms with E-state index in [1.807, 2.05) is 44.2 Å². The Hall–Kier alpha value is -4.31. The van der Waals surface area contributed by atoms with Gasteiger partial charge in [0.2, 0.25) is 5.91 Å². The minimum Gasteiger partial charge on any atom is -0.497 e. The van der Waals surface area contributed by atoms with Gasteiger partial charge in [-0.05, 0) is 66.9 Å². The van der Waals surface area contributed by atoms with E-state index in [4.69, 9.17) is 9.15 Å². The zero-order valence-corrected chi connectivity index (χ0v) is 24.5. The summed E-state index contributed by atoms with van der Waals surface area (Å²) in [6.45, 7) is 7.78. The van der Waals surface area contributed by atoms with Crippen LogP contribution in [-0.4, -0.2) is 69.0 Å². The molecule has 2 aromatic carbocycles. The number of methoxy groups -OCH3 is 1. The largest absolute Gasteiger partial charge is 0.497 e. The van der Waals surface area contributed by atoms with E-state index in [0.717, 1.165) is 67.5 Å². The van der Waals surface area contributed by atoms with Gasteiger partial charge in [-0.15, -0.1) is 0 Å². The molecule has 1 saturated heterocycles. The van der Waals surface area contributed by atoms with E-state index in [-0.39, 0.29) is 24.4 Å². The third kappa shape index (κ3) is 6.60. The molecule has 10 nitrogen and oxygen atoms in total. The molecule has 3 heterocycles. The van der Waals surface area contributed by atoms with Gasteiger partial charge in [0.25, 0.3) is 0 Å². The normalized spacial score (nSPS) is 16.1. The van der Waals surface area contributed by atoms with Gasteiger partial charge >= 0.3 is 11.8 Å². The van der Waals surface area contributed by atoms with E-state index in [2.05, 4.69) is 32.6 Å². The monoisotopic (exact) mass is 573 g/mol. The molecule has 3 aromatic rings. The molecule has 0 aliphatic carbocycles. The second-order valence-corrected chi connectivity index (χ2v) is 11.0. The van der Waals surface area contributed by atoms with E-state index in [1.54, 1.807) is 30.4 Å². The van der Waals surface area contributed by atoms with Gasteiger partial charge in [0.15, 0.2) is 0 Å². The van der Waals surface area contributed by atoms with Crippen molar-refractivity contribution in [2.45, 2.75) is 32.7 Å². The lowest BCUT2D eigenvalue weighted by molar-refractivity contribution is -0.136. The number of ether oxygens (including phenoxy) is 1. The van der Waals surface area contributed by atoms with Crippen molar-refractivity contribution in [3.63, 3.8) is 0 Å². The molecule has 1 fully saturated rings. The topological polar surface area (TPSA) is 107 Å². The zero-order valence-electron chi connectivity index (χ0n) is 24.5. The molecule has 0 saturated carbocycles. The second-order valence-electron chi connectivity index (χ2n) is 11.0. The summed E-state index contributed by atoms with van der Waals surface area (Å²) < 4.78 is 11.0. The fourth-order valence-corrected chi connectivity index (χ4v) is 5.63. The predicted molar refractivity (Wildman–Crippen MR) is 162 cm³/mol. The van der Waals surface area contributed by atoms with Gasteiger partial charge in [-0.2, -0.15) is 0 Å². The van der Waals surface area contributed by atoms with Crippen LogP contribution in [0.25, 0.3) is 0 Å². The first kappa shape index (κ1) is 29.2. The predicted octanol–water partition coefficient (Wildman–Crippen LogP) is 3.84. The van der Waals surface area contributed by atoms with Gasteiger partial charge in [-0.1, -0.05) is 19.9 Å². The summed E-state index contributed by atoms with van der Waals surface area (Å²) in [6, 6.07) is 17.0. The molecule has 2 aliphatic rings. The second kappa shape index (κ2) is 13.1. The van der Waals surface area contributed by atoms with Crippen molar-refractivity contribution in [2.24, 2.45) is 5.92 Å². The Kier molecular flexibility index (Phi) is 9.12. The van der Waals surface area contributed by atoms with E-state index < -0.39 is 11.8 Å². The number of fused-ring (bicyclic) bond motifs is 1. The zero-order chi connectivity index (χ0) is 29.6. The van der Waals surface area contributed by atoms with Crippen molar-refractivity contribution in [3.05, 3.63) is 72.2 Å². The molecule has 42 heavy (non-hydrogen) atoms. The molecule has 10 heteroatoms. The molecular formula is C32H39N5O5. The maximum atomic E-state index is 12.9. The Morgan fingerprint density at radius 2 is 1.71 bits per heavy atom. The summed E-state index contributed by atoms with van der Waals surface area (Å²) >= 11 is 0. The first-order valence-corrected chi connectivity index (χ1v) is 14.5. The van der Waals surface area contributed by atoms with Crippen LogP contribution < -0.4 is 25.2 Å². The quantitative estimate of drug-likeness (QED) is 0.395. The maximum Gasteiger partial charge on any atom is 0.313 e. The summed E-state index contributed by atoms with van der Waals surface area (Å²) in [5.74, 6) is -0.00664. The molecule has 222 valence electrons. The molecule has 3 amide bonds. The number of aryl methyl sites for hydroxylation is 1. The van der Waals surface area contributed by atoms with Gasteiger partial charge < -0.3 is 29.6 Å². The van der Waals surface area contributed by atoms with Crippen LogP contribution in [0.1, 0.15) is 37.6 Å². The number of hydrogen-bond acceptors (Lipinski definition) is 7. The van der Waals surface area contributed by atoms with Crippen LogP contribution in [0.4, 0.5) is 17.1 Å². The Morgan fingerprint density at radius 3 is 2.38 bits per heavy atom. The summed E-state index contributed by atoms with van der Waals surface area (Å²) in [5, 5.41) is 5.51. The molecule has 2 N–H and O–H groups in total. The summed E-state index contributed by atoms with van der Waals surface area (Å²) in [7, 11) is 1.66. The number of rotatable bonds is 8. The minimum absolute atomic E-state index is 0.0472. The number of carbonyl (C=O) groups is 3. The number of nitrogens with zero attached hydrogens (tertiary/aromatic N) is 3. The van der Waals surface area contributed by atoms with Crippen LogP contribution in [-0.2, 0) is 20.8 Å². The highest BCUT2D eigenvalue weighted by Crippen LogP contribution is 2.31. The number of furan rings is 1. The minimum atomic E-state index is -0.755. The highest BCUT2D eigenvalue weighted by atomic mass is 16.5. The fraction of sp³-hybridized carbons (Fsp3) is 0.406. The van der Waals surface area contributed by atoms with E-state index in [9.17, 15) is 14.4 Å². The van der Waals surface area contributed by atoms with Crippen LogP contribution in [0.15, 0.2) is 65.3 Å².